The number of rotatable bonds is 3. The first-order chi connectivity index (χ1) is 8.56. The lowest BCUT2D eigenvalue weighted by atomic mass is 10.1. The average Bonchev–Trinajstić information content (AvgIpc) is 2.34. The Morgan fingerprint density at radius 2 is 2.06 bits per heavy atom. The van der Waals surface area contributed by atoms with Gasteiger partial charge in [0.15, 0.2) is 0 Å². The molecule has 1 saturated heterocycles. The Balaban J connectivity index is 2.05. The maximum Gasteiger partial charge on any atom is 0.271 e. The van der Waals surface area contributed by atoms with Gasteiger partial charge in [-0.25, -0.2) is 0 Å². The van der Waals surface area contributed by atoms with Crippen LogP contribution in [0.25, 0.3) is 0 Å². The van der Waals surface area contributed by atoms with Gasteiger partial charge in [0.2, 0.25) is 0 Å². The maximum atomic E-state index is 11.2. The lowest BCUT2D eigenvalue weighted by molar-refractivity contribution is -0.384. The molecule has 1 heterocycles. The molecule has 7 heteroatoms. The molecule has 1 aromatic carbocycles. The molecular formula is C11H15N3O3S. The standard InChI is InChI=1S/C11H15N3O3S/c12-10-7-9(14(15)16)1-2-11(10)13-8-3-5-18(17)6-4-8/h1-2,7-8,13H,3-6,12H2. The summed E-state index contributed by atoms with van der Waals surface area (Å²) in [6.07, 6.45) is 1.67. The third-order valence-corrected chi connectivity index (χ3v) is 4.38. The molecule has 1 aliphatic rings. The molecule has 0 aliphatic carbocycles. The number of anilines is 2. The fourth-order valence-electron chi connectivity index (χ4n) is 1.95. The zero-order valence-corrected chi connectivity index (χ0v) is 10.6. The molecule has 98 valence electrons. The number of nitrogen functional groups attached to an aromatic ring is 1. The van der Waals surface area contributed by atoms with Crippen LogP contribution >= 0.6 is 0 Å². The van der Waals surface area contributed by atoms with Crippen LogP contribution in [0.5, 0.6) is 0 Å². The first kappa shape index (κ1) is 12.8. The molecule has 0 spiro atoms. The summed E-state index contributed by atoms with van der Waals surface area (Å²) in [6.45, 7) is 0. The lowest BCUT2D eigenvalue weighted by Crippen LogP contribution is -2.29. The number of nitrogens with two attached hydrogens (primary N) is 1. The summed E-state index contributed by atoms with van der Waals surface area (Å²) in [5, 5.41) is 13.8. The second kappa shape index (κ2) is 5.34. The van der Waals surface area contributed by atoms with Gasteiger partial charge in [0.1, 0.15) is 0 Å². The summed E-state index contributed by atoms with van der Waals surface area (Å²) in [5.41, 5.74) is 6.84. The smallest absolute Gasteiger partial charge is 0.271 e. The van der Waals surface area contributed by atoms with Crippen molar-refractivity contribution in [3.05, 3.63) is 28.3 Å². The van der Waals surface area contributed by atoms with Crippen LogP contribution in [0, 0.1) is 10.1 Å². The van der Waals surface area contributed by atoms with Crippen molar-refractivity contribution in [2.75, 3.05) is 22.6 Å². The van der Waals surface area contributed by atoms with E-state index in [2.05, 4.69) is 5.32 Å². The van der Waals surface area contributed by atoms with Gasteiger partial charge in [-0.1, -0.05) is 0 Å². The van der Waals surface area contributed by atoms with Gasteiger partial charge < -0.3 is 11.1 Å². The van der Waals surface area contributed by atoms with Crippen LogP contribution in [-0.4, -0.2) is 26.7 Å². The highest BCUT2D eigenvalue weighted by atomic mass is 32.2. The molecule has 3 N–H and O–H groups in total. The monoisotopic (exact) mass is 269 g/mol. The van der Waals surface area contributed by atoms with Crippen LogP contribution in [0.4, 0.5) is 17.1 Å². The van der Waals surface area contributed by atoms with E-state index in [1.54, 1.807) is 6.07 Å². The summed E-state index contributed by atoms with van der Waals surface area (Å²) < 4.78 is 11.2. The zero-order chi connectivity index (χ0) is 13.1. The highest BCUT2D eigenvalue weighted by Gasteiger charge is 2.18. The number of hydrogen-bond donors (Lipinski definition) is 2. The largest absolute Gasteiger partial charge is 0.397 e. The van der Waals surface area contributed by atoms with Gasteiger partial charge in [-0.15, -0.1) is 0 Å². The van der Waals surface area contributed by atoms with E-state index in [0.29, 0.717) is 22.9 Å². The van der Waals surface area contributed by atoms with Gasteiger partial charge in [0, 0.05) is 40.5 Å². The minimum absolute atomic E-state index is 0.0113. The molecule has 2 rings (SSSR count). The first-order valence-electron chi connectivity index (χ1n) is 5.71. The van der Waals surface area contributed by atoms with E-state index in [4.69, 9.17) is 5.73 Å². The van der Waals surface area contributed by atoms with E-state index < -0.39 is 15.7 Å². The fourth-order valence-corrected chi connectivity index (χ4v) is 3.25. The molecule has 0 unspecified atom stereocenters. The van der Waals surface area contributed by atoms with E-state index in [1.165, 1.54) is 12.1 Å². The molecular weight excluding hydrogens is 254 g/mol. The van der Waals surface area contributed by atoms with E-state index in [-0.39, 0.29) is 11.7 Å². The van der Waals surface area contributed by atoms with Crippen molar-refractivity contribution in [1.29, 1.82) is 0 Å². The summed E-state index contributed by atoms with van der Waals surface area (Å²) in [5.74, 6) is 1.40. The Bertz CT molecular complexity index is 482. The van der Waals surface area contributed by atoms with Gasteiger partial charge in [-0.3, -0.25) is 14.3 Å². The molecule has 0 amide bonds. The Morgan fingerprint density at radius 1 is 1.39 bits per heavy atom. The van der Waals surface area contributed by atoms with Crippen molar-refractivity contribution in [3.63, 3.8) is 0 Å². The Hall–Kier alpha value is -1.63. The van der Waals surface area contributed by atoms with Gasteiger partial charge in [0.25, 0.3) is 5.69 Å². The summed E-state index contributed by atoms with van der Waals surface area (Å²) in [7, 11) is -0.695. The van der Waals surface area contributed by atoms with Crippen molar-refractivity contribution in [2.45, 2.75) is 18.9 Å². The van der Waals surface area contributed by atoms with Gasteiger partial charge in [-0.2, -0.15) is 0 Å². The number of nitro groups is 1. The molecule has 18 heavy (non-hydrogen) atoms. The summed E-state index contributed by atoms with van der Waals surface area (Å²) >= 11 is 0. The van der Waals surface area contributed by atoms with Crippen molar-refractivity contribution >= 4 is 27.9 Å². The second-order valence-corrected chi connectivity index (χ2v) is 5.99. The first-order valence-corrected chi connectivity index (χ1v) is 7.20. The fraction of sp³-hybridized carbons (Fsp3) is 0.455. The molecule has 0 atom stereocenters. The minimum atomic E-state index is -0.695. The van der Waals surface area contributed by atoms with Gasteiger partial charge in [-0.05, 0) is 18.9 Å². The van der Waals surface area contributed by atoms with Gasteiger partial charge >= 0.3 is 0 Å². The van der Waals surface area contributed by atoms with E-state index in [9.17, 15) is 14.3 Å². The van der Waals surface area contributed by atoms with Crippen molar-refractivity contribution in [1.82, 2.24) is 0 Å². The number of nitro benzene ring substituents is 1. The van der Waals surface area contributed by atoms with Crippen molar-refractivity contribution in [2.24, 2.45) is 0 Å². The third-order valence-electron chi connectivity index (χ3n) is 2.99. The van der Waals surface area contributed by atoms with Crippen LogP contribution < -0.4 is 11.1 Å². The van der Waals surface area contributed by atoms with E-state index >= 15 is 0 Å². The molecule has 0 saturated carbocycles. The normalized spacial score (nSPS) is 23.6. The predicted molar refractivity (Wildman–Crippen MR) is 72.0 cm³/mol. The minimum Gasteiger partial charge on any atom is -0.397 e. The van der Waals surface area contributed by atoms with Gasteiger partial charge in [0.05, 0.1) is 16.3 Å². The molecule has 0 radical (unpaired) electrons. The quantitative estimate of drug-likeness (QED) is 0.492. The SMILES string of the molecule is Nc1cc([N+](=O)[O-])ccc1NC1CCS(=O)CC1. The van der Waals surface area contributed by atoms with Crippen molar-refractivity contribution in [3.8, 4) is 0 Å². The number of nitrogens with zero attached hydrogens (tertiary/aromatic N) is 1. The number of nitrogens with one attached hydrogen (secondary N) is 1. The Morgan fingerprint density at radius 3 is 2.61 bits per heavy atom. The average molecular weight is 269 g/mol. The van der Waals surface area contributed by atoms with E-state index in [0.717, 1.165) is 12.8 Å². The van der Waals surface area contributed by atoms with Crippen LogP contribution in [0.1, 0.15) is 12.8 Å². The Labute approximate surface area is 107 Å². The van der Waals surface area contributed by atoms with Crippen LogP contribution in [0.3, 0.4) is 0 Å². The Kier molecular flexibility index (Phi) is 3.81. The highest BCUT2D eigenvalue weighted by Crippen LogP contribution is 2.26. The number of non-ortho nitro benzene ring substituents is 1. The molecule has 0 bridgehead atoms. The molecule has 0 aromatic heterocycles. The maximum absolute atomic E-state index is 11.2. The van der Waals surface area contributed by atoms with Crippen LogP contribution in [0.15, 0.2) is 18.2 Å². The van der Waals surface area contributed by atoms with Crippen LogP contribution in [-0.2, 0) is 10.8 Å². The second-order valence-electron chi connectivity index (χ2n) is 4.30. The number of hydrogen-bond acceptors (Lipinski definition) is 5. The molecule has 6 nitrogen and oxygen atoms in total. The zero-order valence-electron chi connectivity index (χ0n) is 9.80. The van der Waals surface area contributed by atoms with Crippen LogP contribution in [0.2, 0.25) is 0 Å². The molecule has 1 fully saturated rings. The summed E-state index contributed by atoms with van der Waals surface area (Å²) in [6, 6.07) is 4.65. The lowest BCUT2D eigenvalue weighted by Gasteiger charge is -2.24. The predicted octanol–water partition coefficient (Wildman–Crippen LogP) is 1.50. The van der Waals surface area contributed by atoms with E-state index in [1.807, 2.05) is 0 Å². The third kappa shape index (κ3) is 2.98. The molecule has 1 aliphatic heterocycles. The summed E-state index contributed by atoms with van der Waals surface area (Å²) in [4.78, 5) is 10.1. The highest BCUT2D eigenvalue weighted by molar-refractivity contribution is 7.85. The molecule has 1 aromatic rings. The number of benzene rings is 1. The topological polar surface area (TPSA) is 98.3 Å². The van der Waals surface area contributed by atoms with Crippen molar-refractivity contribution < 1.29 is 9.13 Å².